The molecule has 0 aliphatic rings. The second-order valence-corrected chi connectivity index (χ2v) is 5.21. The first-order valence-electron chi connectivity index (χ1n) is 7.28. The van der Waals surface area contributed by atoms with Gasteiger partial charge in [0.25, 0.3) is 0 Å². The molecule has 0 aromatic rings. The maximum absolute atomic E-state index is 12.0. The Morgan fingerprint density at radius 2 is 1.65 bits per heavy atom. The molecule has 0 rings (SSSR count). The number of hydrogen-bond acceptors (Lipinski definition) is 2. The summed E-state index contributed by atoms with van der Waals surface area (Å²) in [7, 11) is 0. The summed E-state index contributed by atoms with van der Waals surface area (Å²) in [5.74, 6) is 0.00458. The fraction of sp³-hybridized carbons (Fsp3) is 0.933. The van der Waals surface area contributed by atoms with Crippen LogP contribution in [0.3, 0.4) is 0 Å². The Balaban J connectivity index is 3.90. The number of ether oxygens (including phenoxy) is 1. The minimum absolute atomic E-state index is 0.00458. The quantitative estimate of drug-likeness (QED) is 0.409. The fourth-order valence-electron chi connectivity index (χ4n) is 1.86. The van der Waals surface area contributed by atoms with E-state index in [0.717, 1.165) is 32.1 Å². The van der Waals surface area contributed by atoms with Gasteiger partial charge in [-0.2, -0.15) is 0 Å². The molecule has 0 bridgehead atoms. The van der Waals surface area contributed by atoms with Crippen molar-refractivity contribution in [2.45, 2.75) is 79.1 Å². The minimum atomic E-state index is -0.263. The van der Waals surface area contributed by atoms with Crippen molar-refractivity contribution < 1.29 is 9.53 Å². The maximum Gasteiger partial charge on any atom is 0.311 e. The zero-order valence-corrected chi connectivity index (χ0v) is 12.2. The first kappa shape index (κ1) is 16.5. The predicted octanol–water partition coefficient (Wildman–Crippen LogP) is 4.72. The molecule has 0 aromatic carbocycles. The molecule has 0 saturated carbocycles. The Bertz CT molecular complexity index is 201. The van der Waals surface area contributed by atoms with E-state index in [1.807, 2.05) is 6.92 Å². The van der Waals surface area contributed by atoms with E-state index in [9.17, 15) is 4.79 Å². The molecule has 102 valence electrons. The van der Waals surface area contributed by atoms with Gasteiger partial charge < -0.3 is 4.74 Å². The van der Waals surface area contributed by atoms with E-state index in [2.05, 4.69) is 20.8 Å². The number of esters is 1. The van der Waals surface area contributed by atoms with Crippen LogP contribution < -0.4 is 0 Å². The third-order valence-electron chi connectivity index (χ3n) is 3.59. The summed E-state index contributed by atoms with van der Waals surface area (Å²) in [4.78, 5) is 12.0. The highest BCUT2D eigenvalue weighted by Crippen LogP contribution is 2.29. The first-order chi connectivity index (χ1) is 8.10. The fourth-order valence-corrected chi connectivity index (χ4v) is 1.86. The number of carbonyl (C=O) groups excluding carboxylic acids is 1. The largest absolute Gasteiger partial charge is 0.465 e. The number of carbonyl (C=O) groups is 1. The smallest absolute Gasteiger partial charge is 0.311 e. The van der Waals surface area contributed by atoms with E-state index in [1.54, 1.807) is 0 Å². The Morgan fingerprint density at radius 1 is 1.00 bits per heavy atom. The van der Waals surface area contributed by atoms with Gasteiger partial charge in [-0.05, 0) is 26.2 Å². The van der Waals surface area contributed by atoms with Crippen molar-refractivity contribution in [3.05, 3.63) is 0 Å². The van der Waals surface area contributed by atoms with Gasteiger partial charge in [0.15, 0.2) is 0 Å². The molecule has 0 N–H and O–H groups in total. The van der Waals surface area contributed by atoms with Crippen LogP contribution in [0.5, 0.6) is 0 Å². The van der Waals surface area contributed by atoms with E-state index < -0.39 is 0 Å². The van der Waals surface area contributed by atoms with Gasteiger partial charge in [-0.25, -0.2) is 0 Å². The summed E-state index contributed by atoms with van der Waals surface area (Å²) in [6.45, 7) is 9.06. The molecule has 0 fully saturated rings. The van der Waals surface area contributed by atoms with Gasteiger partial charge in [-0.15, -0.1) is 0 Å². The van der Waals surface area contributed by atoms with Crippen LogP contribution in [0.15, 0.2) is 0 Å². The van der Waals surface area contributed by atoms with Crippen LogP contribution in [0, 0.1) is 5.41 Å². The van der Waals surface area contributed by atoms with Crippen LogP contribution in [-0.2, 0) is 9.53 Å². The molecule has 2 heteroatoms. The summed E-state index contributed by atoms with van der Waals surface area (Å²) in [5, 5.41) is 0. The SMILES string of the molecule is CCCCCCOC(=O)C(C)(CC)CCCC. The molecule has 1 unspecified atom stereocenters. The highest BCUT2D eigenvalue weighted by Gasteiger charge is 2.31. The summed E-state index contributed by atoms with van der Waals surface area (Å²) >= 11 is 0. The molecule has 17 heavy (non-hydrogen) atoms. The van der Waals surface area contributed by atoms with Crippen LogP contribution in [-0.4, -0.2) is 12.6 Å². The van der Waals surface area contributed by atoms with E-state index in [0.29, 0.717) is 6.61 Å². The lowest BCUT2D eigenvalue weighted by Gasteiger charge is -2.25. The van der Waals surface area contributed by atoms with Crippen LogP contribution in [0.4, 0.5) is 0 Å². The highest BCUT2D eigenvalue weighted by atomic mass is 16.5. The maximum atomic E-state index is 12.0. The second kappa shape index (κ2) is 9.49. The number of unbranched alkanes of at least 4 members (excludes halogenated alkanes) is 4. The molecule has 0 spiro atoms. The predicted molar refractivity (Wildman–Crippen MR) is 73.0 cm³/mol. The molecule has 2 nitrogen and oxygen atoms in total. The topological polar surface area (TPSA) is 26.3 Å². The molecule has 0 aliphatic heterocycles. The van der Waals surface area contributed by atoms with E-state index in [-0.39, 0.29) is 11.4 Å². The van der Waals surface area contributed by atoms with Crippen molar-refractivity contribution in [1.82, 2.24) is 0 Å². The normalized spacial score (nSPS) is 14.4. The molecule has 0 heterocycles. The first-order valence-corrected chi connectivity index (χ1v) is 7.28. The van der Waals surface area contributed by atoms with Gasteiger partial charge in [-0.3, -0.25) is 4.79 Å². The van der Waals surface area contributed by atoms with Crippen molar-refractivity contribution >= 4 is 5.97 Å². The van der Waals surface area contributed by atoms with E-state index in [4.69, 9.17) is 4.74 Å². The lowest BCUT2D eigenvalue weighted by atomic mass is 9.82. The zero-order valence-electron chi connectivity index (χ0n) is 12.2. The van der Waals surface area contributed by atoms with E-state index >= 15 is 0 Å². The Morgan fingerprint density at radius 3 is 2.18 bits per heavy atom. The number of hydrogen-bond donors (Lipinski definition) is 0. The van der Waals surface area contributed by atoms with Gasteiger partial charge in [-0.1, -0.05) is 52.9 Å². The summed E-state index contributed by atoms with van der Waals surface area (Å²) < 4.78 is 5.40. The van der Waals surface area contributed by atoms with Crippen LogP contribution in [0.25, 0.3) is 0 Å². The molecule has 1 atom stereocenters. The van der Waals surface area contributed by atoms with Gasteiger partial charge in [0.2, 0.25) is 0 Å². The van der Waals surface area contributed by atoms with Gasteiger partial charge in [0.05, 0.1) is 12.0 Å². The molecular formula is C15H30O2. The minimum Gasteiger partial charge on any atom is -0.465 e. The molecule has 0 aliphatic carbocycles. The lowest BCUT2D eigenvalue weighted by molar-refractivity contribution is -0.155. The standard InChI is InChI=1S/C15H30O2/c1-5-8-10-11-13-17-14(16)15(4,7-3)12-9-6-2/h5-13H2,1-4H3. The molecule has 0 radical (unpaired) electrons. The molecule has 0 aromatic heterocycles. The van der Waals surface area contributed by atoms with Crippen molar-refractivity contribution in [3.63, 3.8) is 0 Å². The van der Waals surface area contributed by atoms with Crippen molar-refractivity contribution in [2.24, 2.45) is 5.41 Å². The Hall–Kier alpha value is -0.530. The van der Waals surface area contributed by atoms with Crippen LogP contribution >= 0.6 is 0 Å². The third kappa shape index (κ3) is 6.70. The van der Waals surface area contributed by atoms with Gasteiger partial charge >= 0.3 is 5.97 Å². The van der Waals surface area contributed by atoms with Crippen LogP contribution in [0.2, 0.25) is 0 Å². The zero-order chi connectivity index (χ0) is 13.1. The number of rotatable bonds is 10. The van der Waals surface area contributed by atoms with Gasteiger partial charge in [0.1, 0.15) is 0 Å². The van der Waals surface area contributed by atoms with Gasteiger partial charge in [0, 0.05) is 0 Å². The summed E-state index contributed by atoms with van der Waals surface area (Å²) in [6.07, 6.45) is 8.70. The summed E-state index contributed by atoms with van der Waals surface area (Å²) in [6, 6.07) is 0. The van der Waals surface area contributed by atoms with E-state index in [1.165, 1.54) is 19.3 Å². The van der Waals surface area contributed by atoms with Crippen molar-refractivity contribution in [2.75, 3.05) is 6.61 Å². The third-order valence-corrected chi connectivity index (χ3v) is 3.59. The molecular weight excluding hydrogens is 212 g/mol. The van der Waals surface area contributed by atoms with Crippen molar-refractivity contribution in [3.8, 4) is 0 Å². The average molecular weight is 242 g/mol. The Kier molecular flexibility index (Phi) is 9.20. The second-order valence-electron chi connectivity index (χ2n) is 5.21. The highest BCUT2D eigenvalue weighted by molar-refractivity contribution is 5.76. The van der Waals surface area contributed by atoms with Crippen molar-refractivity contribution in [1.29, 1.82) is 0 Å². The van der Waals surface area contributed by atoms with Crippen LogP contribution in [0.1, 0.15) is 79.1 Å². The monoisotopic (exact) mass is 242 g/mol. The summed E-state index contributed by atoms with van der Waals surface area (Å²) in [5.41, 5.74) is -0.263. The Labute approximate surface area is 107 Å². The molecule has 0 amide bonds. The average Bonchev–Trinajstić information content (AvgIpc) is 2.35. The lowest BCUT2D eigenvalue weighted by Crippen LogP contribution is -2.29. The molecule has 0 saturated heterocycles.